The van der Waals surface area contributed by atoms with Gasteiger partial charge in [-0.1, -0.05) is 18.4 Å². The lowest BCUT2D eigenvalue weighted by atomic mass is 10.0. The highest BCUT2D eigenvalue weighted by Crippen LogP contribution is 2.34. The van der Waals surface area contributed by atoms with Crippen LogP contribution in [0.2, 0.25) is 0 Å². The SMILES string of the molecule is C=C(C)CC(CC1CC1)NN. The van der Waals surface area contributed by atoms with E-state index in [1.165, 1.54) is 24.8 Å². The molecule has 0 radical (unpaired) electrons. The van der Waals surface area contributed by atoms with Gasteiger partial charge in [0.25, 0.3) is 0 Å². The smallest absolute Gasteiger partial charge is 0.0250 e. The van der Waals surface area contributed by atoms with Crippen LogP contribution in [0.15, 0.2) is 12.2 Å². The van der Waals surface area contributed by atoms with Crippen LogP contribution in [0.5, 0.6) is 0 Å². The second kappa shape index (κ2) is 3.88. The van der Waals surface area contributed by atoms with Crippen molar-refractivity contribution in [2.45, 2.75) is 38.6 Å². The van der Waals surface area contributed by atoms with Crippen LogP contribution >= 0.6 is 0 Å². The molecular formula is C9H18N2. The maximum absolute atomic E-state index is 5.41. The Hall–Kier alpha value is -0.340. The van der Waals surface area contributed by atoms with Gasteiger partial charge in [-0.15, -0.1) is 6.58 Å². The molecule has 1 aliphatic carbocycles. The summed E-state index contributed by atoms with van der Waals surface area (Å²) in [5.74, 6) is 6.35. The van der Waals surface area contributed by atoms with E-state index in [0.29, 0.717) is 6.04 Å². The first-order valence-electron chi connectivity index (χ1n) is 4.33. The summed E-state index contributed by atoms with van der Waals surface area (Å²) in [6, 6.07) is 0.458. The van der Waals surface area contributed by atoms with Crippen molar-refractivity contribution in [2.75, 3.05) is 0 Å². The second-order valence-electron chi connectivity index (χ2n) is 3.70. The maximum atomic E-state index is 5.41. The van der Waals surface area contributed by atoms with Crippen LogP contribution in [0.1, 0.15) is 32.6 Å². The van der Waals surface area contributed by atoms with Gasteiger partial charge in [-0.25, -0.2) is 0 Å². The lowest BCUT2D eigenvalue weighted by Crippen LogP contribution is -2.35. The highest BCUT2D eigenvalue weighted by atomic mass is 15.2. The Labute approximate surface area is 68.8 Å². The zero-order valence-electron chi connectivity index (χ0n) is 7.27. The number of nitrogens with two attached hydrogens (primary N) is 1. The number of hydrogen-bond acceptors (Lipinski definition) is 2. The first-order valence-corrected chi connectivity index (χ1v) is 4.33. The van der Waals surface area contributed by atoms with Crippen LogP contribution in [0, 0.1) is 5.92 Å². The molecule has 1 unspecified atom stereocenters. The summed E-state index contributed by atoms with van der Waals surface area (Å²) in [4.78, 5) is 0. The third-order valence-electron chi connectivity index (χ3n) is 2.15. The molecule has 2 nitrogen and oxygen atoms in total. The van der Waals surface area contributed by atoms with Crippen LogP contribution in [0.25, 0.3) is 0 Å². The van der Waals surface area contributed by atoms with Gasteiger partial charge >= 0.3 is 0 Å². The van der Waals surface area contributed by atoms with Gasteiger partial charge in [0, 0.05) is 6.04 Å². The van der Waals surface area contributed by atoms with E-state index in [1.54, 1.807) is 0 Å². The topological polar surface area (TPSA) is 38.0 Å². The fourth-order valence-corrected chi connectivity index (χ4v) is 1.39. The van der Waals surface area contributed by atoms with Gasteiger partial charge in [-0.3, -0.25) is 11.3 Å². The zero-order chi connectivity index (χ0) is 8.27. The molecule has 0 aromatic heterocycles. The molecular weight excluding hydrogens is 136 g/mol. The summed E-state index contributed by atoms with van der Waals surface area (Å²) in [5, 5.41) is 0. The molecule has 0 bridgehead atoms. The molecule has 0 amide bonds. The molecule has 3 N–H and O–H groups in total. The largest absolute Gasteiger partial charge is 0.271 e. The monoisotopic (exact) mass is 154 g/mol. The van der Waals surface area contributed by atoms with Crippen molar-refractivity contribution >= 4 is 0 Å². The normalized spacial score (nSPS) is 19.8. The molecule has 0 saturated heterocycles. The van der Waals surface area contributed by atoms with Crippen LogP contribution in [0.3, 0.4) is 0 Å². The minimum Gasteiger partial charge on any atom is -0.271 e. The van der Waals surface area contributed by atoms with E-state index in [-0.39, 0.29) is 0 Å². The average molecular weight is 154 g/mol. The molecule has 0 aromatic carbocycles. The molecule has 0 aromatic rings. The molecule has 0 aliphatic heterocycles. The van der Waals surface area contributed by atoms with Gasteiger partial charge < -0.3 is 0 Å². The summed E-state index contributed by atoms with van der Waals surface area (Å²) >= 11 is 0. The van der Waals surface area contributed by atoms with Crippen LogP contribution < -0.4 is 11.3 Å². The third-order valence-corrected chi connectivity index (χ3v) is 2.15. The third kappa shape index (κ3) is 3.54. The summed E-state index contributed by atoms with van der Waals surface area (Å²) in [5.41, 5.74) is 4.06. The Morgan fingerprint density at radius 2 is 2.36 bits per heavy atom. The van der Waals surface area contributed by atoms with Gasteiger partial charge in [-0.05, 0) is 25.7 Å². The summed E-state index contributed by atoms with van der Waals surface area (Å²) in [6.07, 6.45) is 5.04. The molecule has 1 rings (SSSR count). The lowest BCUT2D eigenvalue weighted by molar-refractivity contribution is 0.465. The summed E-state index contributed by atoms with van der Waals surface area (Å²) in [7, 11) is 0. The van der Waals surface area contributed by atoms with Gasteiger partial charge in [0.15, 0.2) is 0 Å². The molecule has 64 valence electrons. The van der Waals surface area contributed by atoms with Crippen LogP contribution in [0.4, 0.5) is 0 Å². The minimum absolute atomic E-state index is 0.458. The highest BCUT2D eigenvalue weighted by molar-refractivity contribution is 4.94. The van der Waals surface area contributed by atoms with Crippen molar-refractivity contribution < 1.29 is 0 Å². The van der Waals surface area contributed by atoms with Crippen molar-refractivity contribution in [3.63, 3.8) is 0 Å². The van der Waals surface area contributed by atoms with Crippen molar-refractivity contribution in [2.24, 2.45) is 11.8 Å². The zero-order valence-corrected chi connectivity index (χ0v) is 7.27. The lowest BCUT2D eigenvalue weighted by Gasteiger charge is -2.14. The first kappa shape index (κ1) is 8.75. The van der Waals surface area contributed by atoms with Crippen molar-refractivity contribution in [1.29, 1.82) is 0 Å². The standard InChI is InChI=1S/C9H18N2/c1-7(2)5-9(11-10)6-8-3-4-8/h8-9,11H,1,3-6,10H2,2H3. The predicted molar refractivity (Wildman–Crippen MR) is 47.9 cm³/mol. The van der Waals surface area contributed by atoms with E-state index in [2.05, 4.69) is 18.9 Å². The maximum Gasteiger partial charge on any atom is 0.0250 e. The van der Waals surface area contributed by atoms with E-state index in [0.717, 1.165) is 12.3 Å². The molecule has 1 saturated carbocycles. The molecule has 1 aliphatic rings. The Morgan fingerprint density at radius 3 is 2.73 bits per heavy atom. The molecule has 1 fully saturated rings. The highest BCUT2D eigenvalue weighted by Gasteiger charge is 2.24. The van der Waals surface area contributed by atoms with Gasteiger partial charge in [0.05, 0.1) is 0 Å². The van der Waals surface area contributed by atoms with Crippen LogP contribution in [-0.4, -0.2) is 6.04 Å². The van der Waals surface area contributed by atoms with E-state index in [4.69, 9.17) is 5.84 Å². The average Bonchev–Trinajstić information content (AvgIpc) is 2.69. The van der Waals surface area contributed by atoms with Crippen molar-refractivity contribution in [1.82, 2.24) is 5.43 Å². The number of rotatable bonds is 5. The number of hydrogen-bond donors (Lipinski definition) is 2. The van der Waals surface area contributed by atoms with Crippen molar-refractivity contribution in [3.8, 4) is 0 Å². The van der Waals surface area contributed by atoms with E-state index in [9.17, 15) is 0 Å². The van der Waals surface area contributed by atoms with Gasteiger partial charge in [-0.2, -0.15) is 0 Å². The first-order chi connectivity index (χ1) is 5.22. The molecule has 0 heterocycles. The second-order valence-corrected chi connectivity index (χ2v) is 3.70. The molecule has 2 heteroatoms. The quantitative estimate of drug-likeness (QED) is 0.358. The van der Waals surface area contributed by atoms with Crippen LogP contribution in [-0.2, 0) is 0 Å². The van der Waals surface area contributed by atoms with Gasteiger partial charge in [0.2, 0.25) is 0 Å². The fourth-order valence-electron chi connectivity index (χ4n) is 1.39. The summed E-state index contributed by atoms with van der Waals surface area (Å²) < 4.78 is 0. The summed E-state index contributed by atoms with van der Waals surface area (Å²) in [6.45, 7) is 5.93. The number of nitrogens with one attached hydrogen (secondary N) is 1. The Morgan fingerprint density at radius 1 is 1.73 bits per heavy atom. The Bertz CT molecular complexity index is 138. The van der Waals surface area contributed by atoms with E-state index >= 15 is 0 Å². The van der Waals surface area contributed by atoms with Gasteiger partial charge in [0.1, 0.15) is 0 Å². The number of hydrazine groups is 1. The molecule has 0 spiro atoms. The fraction of sp³-hybridized carbons (Fsp3) is 0.778. The van der Waals surface area contributed by atoms with E-state index < -0.39 is 0 Å². The van der Waals surface area contributed by atoms with E-state index in [1.807, 2.05) is 0 Å². The Balaban J connectivity index is 2.17. The minimum atomic E-state index is 0.458. The molecule has 11 heavy (non-hydrogen) atoms. The molecule has 1 atom stereocenters. The Kier molecular flexibility index (Phi) is 3.09. The predicted octanol–water partition coefficient (Wildman–Crippen LogP) is 1.58. The van der Waals surface area contributed by atoms with Crippen molar-refractivity contribution in [3.05, 3.63) is 12.2 Å².